The molecule has 146 valence electrons. The van der Waals surface area contributed by atoms with Crippen molar-refractivity contribution in [3.05, 3.63) is 47.3 Å². The second-order valence-corrected chi connectivity index (χ2v) is 7.91. The maximum absolute atomic E-state index is 12.1. The molecule has 2 aromatic rings. The van der Waals surface area contributed by atoms with E-state index in [1.165, 1.54) is 16.8 Å². The van der Waals surface area contributed by atoms with Crippen LogP contribution in [-0.4, -0.2) is 36.6 Å². The van der Waals surface area contributed by atoms with Crippen LogP contribution < -0.4 is 15.6 Å². The Morgan fingerprint density at radius 3 is 2.26 bits per heavy atom. The third-order valence-electron chi connectivity index (χ3n) is 3.71. The van der Waals surface area contributed by atoms with E-state index in [0.29, 0.717) is 0 Å². The SMILES string of the molecule is Cc1ccc(S(=O)(=O)NCCC(=O)NNC(=O)Cn2nc(C)cc2C)cc1. The number of rotatable bonds is 7. The highest BCUT2D eigenvalue weighted by molar-refractivity contribution is 7.89. The summed E-state index contributed by atoms with van der Waals surface area (Å²) in [5.74, 6) is -0.946. The van der Waals surface area contributed by atoms with Gasteiger partial charge in [0.25, 0.3) is 5.91 Å². The van der Waals surface area contributed by atoms with E-state index in [9.17, 15) is 18.0 Å². The van der Waals surface area contributed by atoms with Crippen molar-refractivity contribution in [2.24, 2.45) is 0 Å². The summed E-state index contributed by atoms with van der Waals surface area (Å²) < 4.78 is 28.1. The largest absolute Gasteiger partial charge is 0.273 e. The van der Waals surface area contributed by atoms with Crippen LogP contribution in [0.5, 0.6) is 0 Å². The van der Waals surface area contributed by atoms with Crippen molar-refractivity contribution in [3.8, 4) is 0 Å². The molecule has 0 unspecified atom stereocenters. The number of sulfonamides is 1. The first-order valence-electron chi connectivity index (χ1n) is 8.32. The minimum atomic E-state index is -3.68. The second kappa shape index (κ2) is 8.78. The van der Waals surface area contributed by atoms with E-state index in [2.05, 4.69) is 20.7 Å². The number of hydrogen-bond acceptors (Lipinski definition) is 5. The summed E-state index contributed by atoms with van der Waals surface area (Å²) in [6.45, 7) is 5.39. The van der Waals surface area contributed by atoms with Gasteiger partial charge in [-0.1, -0.05) is 17.7 Å². The van der Waals surface area contributed by atoms with Gasteiger partial charge >= 0.3 is 0 Å². The molecular formula is C17H23N5O4S. The summed E-state index contributed by atoms with van der Waals surface area (Å²) in [7, 11) is -3.68. The predicted molar refractivity (Wildman–Crippen MR) is 99.0 cm³/mol. The van der Waals surface area contributed by atoms with Crippen molar-refractivity contribution >= 4 is 21.8 Å². The van der Waals surface area contributed by atoms with Gasteiger partial charge in [0.15, 0.2) is 0 Å². The van der Waals surface area contributed by atoms with Gasteiger partial charge < -0.3 is 0 Å². The highest BCUT2D eigenvalue weighted by atomic mass is 32.2. The van der Waals surface area contributed by atoms with Gasteiger partial charge in [-0.2, -0.15) is 5.10 Å². The molecule has 27 heavy (non-hydrogen) atoms. The lowest BCUT2D eigenvalue weighted by atomic mass is 10.2. The molecule has 0 saturated carbocycles. The van der Waals surface area contributed by atoms with Gasteiger partial charge in [0.1, 0.15) is 6.54 Å². The summed E-state index contributed by atoms with van der Waals surface area (Å²) in [5.41, 5.74) is 7.10. The van der Waals surface area contributed by atoms with Crippen LogP contribution in [0.2, 0.25) is 0 Å². The van der Waals surface area contributed by atoms with Crippen LogP contribution in [0.15, 0.2) is 35.2 Å². The van der Waals surface area contributed by atoms with Crippen LogP contribution in [0, 0.1) is 20.8 Å². The third kappa shape index (κ3) is 6.19. The average molecular weight is 393 g/mol. The van der Waals surface area contributed by atoms with E-state index in [1.54, 1.807) is 12.1 Å². The number of nitrogens with one attached hydrogen (secondary N) is 3. The van der Waals surface area contributed by atoms with Crippen molar-refractivity contribution < 1.29 is 18.0 Å². The zero-order valence-electron chi connectivity index (χ0n) is 15.4. The van der Waals surface area contributed by atoms with Gasteiger partial charge in [-0.3, -0.25) is 25.1 Å². The van der Waals surface area contributed by atoms with E-state index >= 15 is 0 Å². The monoisotopic (exact) mass is 393 g/mol. The Balaban J connectivity index is 1.73. The number of hydrogen-bond donors (Lipinski definition) is 3. The Bertz CT molecular complexity index is 919. The molecule has 0 fully saturated rings. The Hall–Kier alpha value is -2.72. The fourth-order valence-corrected chi connectivity index (χ4v) is 3.34. The molecule has 0 spiro atoms. The van der Waals surface area contributed by atoms with Gasteiger partial charge in [-0.25, -0.2) is 13.1 Å². The van der Waals surface area contributed by atoms with Crippen molar-refractivity contribution in [2.45, 2.75) is 38.6 Å². The van der Waals surface area contributed by atoms with Crippen LogP contribution >= 0.6 is 0 Å². The topological polar surface area (TPSA) is 122 Å². The molecular weight excluding hydrogens is 370 g/mol. The molecule has 0 aliphatic carbocycles. The van der Waals surface area contributed by atoms with Gasteiger partial charge in [0.05, 0.1) is 10.6 Å². The number of benzene rings is 1. The number of amides is 2. The Kier molecular flexibility index (Phi) is 6.70. The van der Waals surface area contributed by atoms with Crippen LogP contribution in [0.25, 0.3) is 0 Å². The van der Waals surface area contributed by atoms with Gasteiger partial charge in [-0.15, -0.1) is 0 Å². The Labute approximate surface area is 158 Å². The van der Waals surface area contributed by atoms with Gasteiger partial charge in [0.2, 0.25) is 15.9 Å². The molecule has 0 bridgehead atoms. The van der Waals surface area contributed by atoms with E-state index in [4.69, 9.17) is 0 Å². The second-order valence-electron chi connectivity index (χ2n) is 6.14. The molecule has 0 radical (unpaired) electrons. The molecule has 2 rings (SSSR count). The summed E-state index contributed by atoms with van der Waals surface area (Å²) in [6, 6.07) is 8.22. The lowest BCUT2D eigenvalue weighted by Crippen LogP contribution is -2.44. The summed E-state index contributed by atoms with van der Waals surface area (Å²) in [4.78, 5) is 23.7. The molecule has 3 N–H and O–H groups in total. The number of aryl methyl sites for hydroxylation is 3. The van der Waals surface area contributed by atoms with Gasteiger partial charge in [0, 0.05) is 18.7 Å². The van der Waals surface area contributed by atoms with Gasteiger partial charge in [-0.05, 0) is 39.0 Å². The molecule has 0 atom stereocenters. The fourth-order valence-electron chi connectivity index (χ4n) is 2.31. The summed E-state index contributed by atoms with van der Waals surface area (Å²) in [5, 5.41) is 4.15. The van der Waals surface area contributed by atoms with Crippen LogP contribution in [-0.2, 0) is 26.2 Å². The molecule has 0 aliphatic heterocycles. The lowest BCUT2D eigenvalue weighted by molar-refractivity contribution is -0.129. The smallest absolute Gasteiger partial charge is 0.260 e. The first-order chi connectivity index (χ1) is 12.7. The normalized spacial score (nSPS) is 11.2. The third-order valence-corrected chi connectivity index (χ3v) is 5.19. The molecule has 9 nitrogen and oxygen atoms in total. The van der Waals surface area contributed by atoms with Crippen molar-refractivity contribution in [1.82, 2.24) is 25.4 Å². The molecule has 10 heteroatoms. The quantitative estimate of drug-likeness (QED) is 0.585. The van der Waals surface area contributed by atoms with Crippen LogP contribution in [0.3, 0.4) is 0 Å². The minimum absolute atomic E-state index is 0.0278. The Morgan fingerprint density at radius 2 is 1.67 bits per heavy atom. The first-order valence-corrected chi connectivity index (χ1v) is 9.81. The molecule has 2 amide bonds. The summed E-state index contributed by atoms with van der Waals surface area (Å²) >= 11 is 0. The zero-order valence-corrected chi connectivity index (χ0v) is 16.3. The number of carbonyl (C=O) groups excluding carboxylic acids is 2. The minimum Gasteiger partial charge on any atom is -0.273 e. The number of aromatic nitrogens is 2. The summed E-state index contributed by atoms with van der Waals surface area (Å²) in [6.07, 6.45) is -0.120. The maximum atomic E-state index is 12.1. The maximum Gasteiger partial charge on any atom is 0.260 e. The van der Waals surface area contributed by atoms with Crippen molar-refractivity contribution in [3.63, 3.8) is 0 Å². The van der Waals surface area contributed by atoms with Crippen molar-refractivity contribution in [1.29, 1.82) is 0 Å². The molecule has 0 aliphatic rings. The number of hydrazine groups is 1. The van der Waals surface area contributed by atoms with Crippen molar-refractivity contribution in [2.75, 3.05) is 6.54 Å². The van der Waals surface area contributed by atoms with E-state index < -0.39 is 21.8 Å². The van der Waals surface area contributed by atoms with Crippen LogP contribution in [0.4, 0.5) is 0 Å². The Morgan fingerprint density at radius 1 is 1.04 bits per heavy atom. The zero-order chi connectivity index (χ0) is 20.0. The first kappa shape index (κ1) is 20.6. The molecule has 1 aromatic heterocycles. The fraction of sp³-hybridized carbons (Fsp3) is 0.353. The molecule has 1 heterocycles. The number of nitrogens with zero attached hydrogens (tertiary/aromatic N) is 2. The molecule has 0 saturated heterocycles. The molecule has 1 aromatic carbocycles. The highest BCUT2D eigenvalue weighted by Crippen LogP contribution is 2.09. The van der Waals surface area contributed by atoms with E-state index in [1.807, 2.05) is 26.8 Å². The highest BCUT2D eigenvalue weighted by Gasteiger charge is 2.14. The van der Waals surface area contributed by atoms with E-state index in [-0.39, 0.29) is 24.4 Å². The predicted octanol–water partition coefficient (Wildman–Crippen LogP) is 0.324. The number of carbonyl (C=O) groups is 2. The average Bonchev–Trinajstić information content (AvgIpc) is 2.90. The standard InChI is InChI=1S/C17H23N5O4S/c1-12-4-6-15(7-5-12)27(25,26)18-9-8-16(23)19-20-17(24)11-22-14(3)10-13(2)21-22/h4-7,10,18H,8-9,11H2,1-3H3,(H,19,23)(H,20,24). The van der Waals surface area contributed by atoms with E-state index in [0.717, 1.165) is 17.0 Å². The van der Waals surface area contributed by atoms with Crippen LogP contribution in [0.1, 0.15) is 23.4 Å². The lowest BCUT2D eigenvalue weighted by Gasteiger charge is -2.09.